The van der Waals surface area contributed by atoms with Gasteiger partial charge in [-0.15, -0.1) is 11.8 Å². The molecule has 35 heavy (non-hydrogen) atoms. The average molecular weight is 506 g/mol. The number of aliphatic carboxylic acids is 1. The Balaban J connectivity index is 1.91. The van der Waals surface area contributed by atoms with Crippen molar-refractivity contribution in [2.24, 2.45) is 5.92 Å². The summed E-state index contributed by atoms with van der Waals surface area (Å²) in [6, 6.07) is 6.35. The number of ketones is 1. The van der Waals surface area contributed by atoms with Crippen LogP contribution >= 0.6 is 11.8 Å². The highest BCUT2D eigenvalue weighted by Crippen LogP contribution is 2.55. The molecule has 192 valence electrons. The van der Waals surface area contributed by atoms with E-state index < -0.39 is 51.4 Å². The van der Waals surface area contributed by atoms with Crippen molar-refractivity contribution in [3.8, 4) is 5.75 Å². The first-order chi connectivity index (χ1) is 16.3. The maximum absolute atomic E-state index is 13.5. The van der Waals surface area contributed by atoms with Gasteiger partial charge in [0.05, 0.1) is 5.69 Å². The molecule has 1 aromatic carbocycles. The van der Waals surface area contributed by atoms with Crippen LogP contribution < -0.4 is 15.0 Å². The Labute approximate surface area is 210 Å². The van der Waals surface area contributed by atoms with Gasteiger partial charge in [-0.2, -0.15) is 0 Å². The predicted molar refractivity (Wildman–Crippen MR) is 135 cm³/mol. The number of para-hydroxylation sites is 2. The lowest BCUT2D eigenvalue weighted by molar-refractivity contribution is -0.172. The number of Topliss-reactive ketones (excluding diaryl/α,β-unsaturated/α-hetero) is 1. The Morgan fingerprint density at radius 3 is 2.31 bits per heavy atom. The topological polar surface area (TPSA) is 116 Å². The monoisotopic (exact) mass is 505 g/mol. The van der Waals surface area contributed by atoms with Gasteiger partial charge in [-0.3, -0.25) is 14.4 Å². The minimum atomic E-state index is -1.82. The van der Waals surface area contributed by atoms with Gasteiger partial charge < -0.3 is 25.0 Å². The summed E-state index contributed by atoms with van der Waals surface area (Å²) in [7, 11) is 0. The van der Waals surface area contributed by atoms with Crippen molar-refractivity contribution < 1.29 is 29.0 Å². The van der Waals surface area contributed by atoms with Crippen LogP contribution in [0.2, 0.25) is 0 Å². The molecule has 2 heterocycles. The number of anilines is 1. The van der Waals surface area contributed by atoms with Crippen LogP contribution in [-0.4, -0.2) is 74.5 Å². The highest BCUT2D eigenvalue weighted by molar-refractivity contribution is 8.01. The highest BCUT2D eigenvalue weighted by atomic mass is 32.2. The van der Waals surface area contributed by atoms with Gasteiger partial charge in [-0.25, -0.2) is 4.79 Å². The number of ether oxygens (including phenoxy) is 1. The van der Waals surface area contributed by atoms with E-state index in [1.165, 1.54) is 23.6 Å². The molecule has 2 saturated heterocycles. The summed E-state index contributed by atoms with van der Waals surface area (Å²) in [6.07, 6.45) is -0.973. The highest BCUT2D eigenvalue weighted by Gasteiger charge is 2.74. The smallest absolute Gasteiger partial charge is 0.327 e. The van der Waals surface area contributed by atoms with Crippen LogP contribution in [0.3, 0.4) is 0 Å². The summed E-state index contributed by atoms with van der Waals surface area (Å²) in [5.74, 6) is -2.69. The number of rotatable bonds is 10. The zero-order valence-electron chi connectivity index (χ0n) is 21.3. The predicted octanol–water partition coefficient (Wildman–Crippen LogP) is 2.53. The van der Waals surface area contributed by atoms with Crippen molar-refractivity contribution in [1.29, 1.82) is 0 Å². The third-order valence-corrected chi connectivity index (χ3v) is 8.38. The second-order valence-electron chi connectivity index (χ2n) is 9.80. The minimum absolute atomic E-state index is 0.269. The first-order valence-electron chi connectivity index (χ1n) is 11.9. The van der Waals surface area contributed by atoms with E-state index in [0.717, 1.165) is 18.8 Å². The summed E-state index contributed by atoms with van der Waals surface area (Å²) < 4.78 is 5.38. The quantitative estimate of drug-likeness (QED) is 0.368. The molecule has 2 fully saturated rings. The fraction of sp³-hybridized carbons (Fsp3) is 0.600. The van der Waals surface area contributed by atoms with E-state index in [-0.39, 0.29) is 5.92 Å². The summed E-state index contributed by atoms with van der Waals surface area (Å²) in [5.41, 5.74) is -0.974. The Bertz CT molecular complexity index is 1020. The molecular weight excluding hydrogens is 470 g/mol. The second-order valence-corrected chi connectivity index (χ2v) is 11.5. The lowest BCUT2D eigenvalue weighted by Crippen LogP contribution is -2.82. The Hall–Kier alpha value is -2.75. The third-order valence-electron chi connectivity index (χ3n) is 6.74. The number of nitrogens with zero attached hydrogens (tertiary/aromatic N) is 2. The molecular formula is C25H35N3O6S. The molecule has 0 spiro atoms. The van der Waals surface area contributed by atoms with Crippen LogP contribution in [-0.2, 0) is 19.2 Å². The molecule has 0 aliphatic carbocycles. The van der Waals surface area contributed by atoms with Crippen LogP contribution in [0, 0.1) is 5.92 Å². The lowest BCUT2D eigenvalue weighted by Gasteiger charge is -2.51. The third kappa shape index (κ3) is 4.37. The van der Waals surface area contributed by atoms with Gasteiger partial charge in [0.1, 0.15) is 17.2 Å². The van der Waals surface area contributed by atoms with E-state index in [4.69, 9.17) is 4.74 Å². The molecule has 2 aliphatic rings. The number of benzene rings is 1. The summed E-state index contributed by atoms with van der Waals surface area (Å²) in [6.45, 7) is 13.9. The molecule has 2 aliphatic heterocycles. The van der Waals surface area contributed by atoms with Gasteiger partial charge >= 0.3 is 5.97 Å². The number of fused-ring (bicyclic) bond motifs is 1. The minimum Gasteiger partial charge on any atom is -0.480 e. The normalized spacial score (nSPS) is 25.5. The van der Waals surface area contributed by atoms with Crippen molar-refractivity contribution in [3.63, 3.8) is 0 Å². The maximum atomic E-state index is 13.5. The number of amides is 2. The van der Waals surface area contributed by atoms with Crippen LogP contribution in [0.4, 0.5) is 5.69 Å². The van der Waals surface area contributed by atoms with Crippen molar-refractivity contribution in [2.75, 3.05) is 18.0 Å². The molecule has 0 bridgehead atoms. The largest absolute Gasteiger partial charge is 0.480 e. The number of hydrogen-bond donors (Lipinski definition) is 2. The van der Waals surface area contributed by atoms with Crippen molar-refractivity contribution in [1.82, 2.24) is 10.2 Å². The summed E-state index contributed by atoms with van der Waals surface area (Å²) >= 11 is 1.21. The van der Waals surface area contributed by atoms with Crippen molar-refractivity contribution >= 4 is 41.0 Å². The van der Waals surface area contributed by atoms with E-state index in [2.05, 4.69) is 10.2 Å². The molecule has 1 unspecified atom stereocenters. The Kier molecular flexibility index (Phi) is 7.45. The number of carboxylic acid groups (broad SMARTS) is 1. The van der Waals surface area contributed by atoms with Crippen LogP contribution in [0.15, 0.2) is 24.3 Å². The summed E-state index contributed by atoms with van der Waals surface area (Å²) in [4.78, 5) is 54.8. The van der Waals surface area contributed by atoms with E-state index in [1.54, 1.807) is 19.9 Å². The van der Waals surface area contributed by atoms with E-state index in [1.807, 2.05) is 45.9 Å². The number of thioether (sulfide) groups is 1. The first kappa shape index (κ1) is 26.8. The standard InChI is InChI=1S/C25H35N3O6S/c1-8-27(9-2)16-12-10-11-13-17(16)34-18(14(3)4)20(30)26-25(15(5)29)22(33)28-19(21(31)32)24(6,7)35-23(25)28/h10-14,18-19,23H,8-9H2,1-7H3,(H,26,30)(H,31,32)/t18?,19-,23+,25-/m0/s1. The molecule has 2 N–H and O–H groups in total. The number of carboxylic acids is 1. The van der Waals surface area contributed by atoms with Gasteiger partial charge in [0.25, 0.3) is 11.8 Å². The number of carbonyl (C=O) groups is 4. The van der Waals surface area contributed by atoms with Gasteiger partial charge in [0, 0.05) is 17.8 Å². The average Bonchev–Trinajstić information content (AvgIpc) is 3.05. The van der Waals surface area contributed by atoms with Gasteiger partial charge in [0.2, 0.25) is 5.54 Å². The fourth-order valence-electron chi connectivity index (χ4n) is 4.86. The molecule has 0 aromatic heterocycles. The molecule has 2 amide bonds. The second kappa shape index (κ2) is 9.72. The zero-order valence-corrected chi connectivity index (χ0v) is 22.1. The van der Waals surface area contributed by atoms with Gasteiger partial charge in [-0.05, 0) is 52.7 Å². The van der Waals surface area contributed by atoms with Crippen LogP contribution in [0.1, 0.15) is 48.5 Å². The molecule has 1 aromatic rings. The van der Waals surface area contributed by atoms with Gasteiger partial charge in [0.15, 0.2) is 11.9 Å². The van der Waals surface area contributed by atoms with Crippen LogP contribution in [0.25, 0.3) is 0 Å². The molecule has 0 saturated carbocycles. The molecule has 3 rings (SSSR count). The SMILES string of the molecule is CCN(CC)c1ccccc1OC(C(=O)N[C@@]1(C(C)=O)C(=O)N2[C@@H](C(=O)O)C(C)(C)S[C@@H]21)C(C)C. The maximum Gasteiger partial charge on any atom is 0.327 e. The van der Waals surface area contributed by atoms with Gasteiger partial charge in [-0.1, -0.05) is 26.0 Å². The number of nitrogens with one attached hydrogen (secondary N) is 1. The number of β-lactam (4-membered cyclic amide) rings is 1. The van der Waals surface area contributed by atoms with Crippen molar-refractivity contribution in [2.45, 2.75) is 76.3 Å². The molecule has 10 heteroatoms. The van der Waals surface area contributed by atoms with E-state index in [0.29, 0.717) is 5.75 Å². The molecule has 4 atom stereocenters. The fourth-order valence-corrected chi connectivity index (χ4v) is 6.62. The van der Waals surface area contributed by atoms with Crippen molar-refractivity contribution in [3.05, 3.63) is 24.3 Å². The number of carbonyl (C=O) groups excluding carboxylic acids is 3. The number of hydrogen-bond acceptors (Lipinski definition) is 7. The lowest BCUT2D eigenvalue weighted by atomic mass is 9.81. The Morgan fingerprint density at radius 1 is 1.20 bits per heavy atom. The zero-order chi connectivity index (χ0) is 26.3. The molecule has 9 nitrogen and oxygen atoms in total. The van der Waals surface area contributed by atoms with E-state index >= 15 is 0 Å². The van der Waals surface area contributed by atoms with Crippen LogP contribution in [0.5, 0.6) is 5.75 Å². The van der Waals surface area contributed by atoms with E-state index in [9.17, 15) is 24.3 Å². The Morgan fingerprint density at radius 2 is 1.80 bits per heavy atom. The molecule has 0 radical (unpaired) electrons. The first-order valence-corrected chi connectivity index (χ1v) is 12.8. The summed E-state index contributed by atoms with van der Waals surface area (Å²) in [5, 5.41) is 11.6.